The van der Waals surface area contributed by atoms with Gasteiger partial charge in [0.05, 0.1) is 12.8 Å². The highest BCUT2D eigenvalue weighted by atomic mass is 35.5. The Morgan fingerprint density at radius 3 is 2.48 bits per heavy atom. The van der Waals surface area contributed by atoms with Gasteiger partial charge in [-0.1, -0.05) is 23.7 Å². The maximum absolute atomic E-state index is 12.3. The number of nitrogens with one attached hydrogen (secondary N) is 2. The molecule has 3 aromatic rings. The van der Waals surface area contributed by atoms with Crippen molar-refractivity contribution in [2.75, 3.05) is 12.4 Å². The smallest absolute Gasteiger partial charge is 0.319 e. The Bertz CT molecular complexity index is 1010. The van der Waals surface area contributed by atoms with E-state index in [0.717, 1.165) is 28.2 Å². The number of aromatic nitrogens is 1. The first-order valence-corrected chi connectivity index (χ1v) is 9.40. The molecule has 150 valence electrons. The molecule has 29 heavy (non-hydrogen) atoms. The van der Waals surface area contributed by atoms with Crippen molar-refractivity contribution in [3.8, 4) is 17.2 Å². The number of pyridine rings is 1. The molecule has 0 bridgehead atoms. The topological polar surface area (TPSA) is 72.5 Å². The zero-order chi connectivity index (χ0) is 20.8. The number of nitrogens with zero attached hydrogens (tertiary/aromatic N) is 1. The predicted octanol–water partition coefficient (Wildman–Crippen LogP) is 5.47. The predicted molar refractivity (Wildman–Crippen MR) is 114 cm³/mol. The minimum absolute atomic E-state index is 0.334. The number of hydrogen-bond acceptors (Lipinski definition) is 4. The first-order valence-electron chi connectivity index (χ1n) is 9.02. The van der Waals surface area contributed by atoms with Crippen molar-refractivity contribution in [1.29, 1.82) is 0 Å². The molecule has 0 fully saturated rings. The summed E-state index contributed by atoms with van der Waals surface area (Å²) in [7, 11) is 1.53. The van der Waals surface area contributed by atoms with Gasteiger partial charge in [0.2, 0.25) is 0 Å². The van der Waals surface area contributed by atoms with Gasteiger partial charge >= 0.3 is 6.03 Å². The second-order valence-corrected chi connectivity index (χ2v) is 6.90. The van der Waals surface area contributed by atoms with Gasteiger partial charge in [-0.15, -0.1) is 0 Å². The molecule has 3 rings (SSSR count). The van der Waals surface area contributed by atoms with Gasteiger partial charge in [-0.25, -0.2) is 4.79 Å². The molecule has 7 heteroatoms. The average molecular weight is 412 g/mol. The minimum Gasteiger partial charge on any atom is -0.495 e. The molecule has 1 aromatic heterocycles. The van der Waals surface area contributed by atoms with E-state index in [9.17, 15) is 4.79 Å². The molecule has 0 saturated heterocycles. The number of aryl methyl sites for hydroxylation is 2. The van der Waals surface area contributed by atoms with Crippen molar-refractivity contribution < 1.29 is 14.3 Å². The first-order chi connectivity index (χ1) is 14.0. The van der Waals surface area contributed by atoms with Gasteiger partial charge in [0.15, 0.2) is 0 Å². The van der Waals surface area contributed by atoms with Crippen LogP contribution in [0.15, 0.2) is 54.9 Å². The summed E-state index contributed by atoms with van der Waals surface area (Å²) in [6.07, 6.45) is 3.36. The van der Waals surface area contributed by atoms with E-state index in [1.807, 2.05) is 32.0 Å². The fourth-order valence-electron chi connectivity index (χ4n) is 2.75. The Kier molecular flexibility index (Phi) is 6.57. The number of hydrogen-bond donors (Lipinski definition) is 2. The number of urea groups is 1. The molecule has 0 aliphatic heterocycles. The van der Waals surface area contributed by atoms with Gasteiger partial charge in [-0.05, 0) is 54.8 Å². The molecule has 0 unspecified atom stereocenters. The molecule has 6 nitrogen and oxygen atoms in total. The van der Waals surface area contributed by atoms with Crippen molar-refractivity contribution in [1.82, 2.24) is 10.3 Å². The Morgan fingerprint density at radius 1 is 1.03 bits per heavy atom. The maximum atomic E-state index is 12.3. The number of rotatable bonds is 6. The number of anilines is 1. The summed E-state index contributed by atoms with van der Waals surface area (Å²) >= 11 is 6.10. The van der Waals surface area contributed by atoms with Gasteiger partial charge in [0.1, 0.15) is 17.2 Å². The summed E-state index contributed by atoms with van der Waals surface area (Å²) in [6, 6.07) is 12.5. The molecule has 2 aromatic carbocycles. The summed E-state index contributed by atoms with van der Waals surface area (Å²) in [5.74, 6) is 1.98. The molecule has 0 aliphatic rings. The summed E-state index contributed by atoms with van der Waals surface area (Å²) < 4.78 is 11.1. The molecular formula is C22H22ClN3O3. The average Bonchev–Trinajstić information content (AvgIpc) is 2.71. The van der Waals surface area contributed by atoms with Crippen LogP contribution in [0.4, 0.5) is 10.5 Å². The first kappa shape index (κ1) is 20.5. The molecule has 2 amide bonds. The van der Waals surface area contributed by atoms with Crippen LogP contribution < -0.4 is 20.1 Å². The van der Waals surface area contributed by atoms with Crippen molar-refractivity contribution in [3.63, 3.8) is 0 Å². The molecule has 0 atom stereocenters. The number of amides is 2. The highest BCUT2D eigenvalue weighted by molar-refractivity contribution is 6.31. The zero-order valence-corrected chi connectivity index (χ0v) is 17.2. The van der Waals surface area contributed by atoms with Gasteiger partial charge in [0.25, 0.3) is 0 Å². The summed E-state index contributed by atoms with van der Waals surface area (Å²) in [6.45, 7) is 4.20. The number of carbonyl (C=O) groups is 1. The third kappa shape index (κ3) is 5.39. The van der Waals surface area contributed by atoms with Crippen molar-refractivity contribution in [2.24, 2.45) is 0 Å². The summed E-state index contributed by atoms with van der Waals surface area (Å²) in [5.41, 5.74) is 3.34. The lowest BCUT2D eigenvalue weighted by molar-refractivity contribution is 0.251. The highest BCUT2D eigenvalue weighted by Crippen LogP contribution is 2.31. The quantitative estimate of drug-likeness (QED) is 0.563. The van der Waals surface area contributed by atoms with Crippen LogP contribution in [0.3, 0.4) is 0 Å². The van der Waals surface area contributed by atoms with Gasteiger partial charge in [-0.3, -0.25) is 4.98 Å². The van der Waals surface area contributed by atoms with Gasteiger partial charge < -0.3 is 20.1 Å². The Balaban J connectivity index is 1.61. The van der Waals surface area contributed by atoms with Crippen LogP contribution in [0.5, 0.6) is 17.2 Å². The largest absolute Gasteiger partial charge is 0.495 e. The third-order valence-electron chi connectivity index (χ3n) is 4.30. The zero-order valence-electron chi connectivity index (χ0n) is 16.5. The molecule has 0 spiro atoms. The monoisotopic (exact) mass is 411 g/mol. The lowest BCUT2D eigenvalue weighted by Crippen LogP contribution is -2.28. The molecule has 1 heterocycles. The van der Waals surface area contributed by atoms with Crippen LogP contribution in [0, 0.1) is 13.8 Å². The molecule has 0 saturated carbocycles. The molecular weight excluding hydrogens is 390 g/mol. The number of halogens is 1. The van der Waals surface area contributed by atoms with Gasteiger partial charge in [-0.2, -0.15) is 0 Å². The third-order valence-corrected chi connectivity index (χ3v) is 4.71. The summed E-state index contributed by atoms with van der Waals surface area (Å²) in [5, 5.41) is 6.22. The van der Waals surface area contributed by atoms with Crippen LogP contribution in [-0.4, -0.2) is 18.1 Å². The lowest BCUT2D eigenvalue weighted by Gasteiger charge is -2.14. The van der Waals surface area contributed by atoms with E-state index in [1.165, 1.54) is 7.11 Å². The van der Waals surface area contributed by atoms with Crippen molar-refractivity contribution in [3.05, 3.63) is 76.6 Å². The Hall–Kier alpha value is -3.25. The maximum Gasteiger partial charge on any atom is 0.319 e. The van der Waals surface area contributed by atoms with Crippen molar-refractivity contribution in [2.45, 2.75) is 20.4 Å². The second-order valence-electron chi connectivity index (χ2n) is 6.49. The standard InChI is InChI=1S/C22H22ClN3O3/c1-14-11-19(21(28-3)12-18(14)23)26-22(27)25-13-16-4-5-20(15(2)10-16)29-17-6-8-24-9-7-17/h4-12H,13H2,1-3H3,(H2,25,26,27). The van der Waals surface area contributed by atoms with E-state index in [2.05, 4.69) is 15.6 Å². The molecule has 0 aliphatic carbocycles. The molecule has 2 N–H and O–H groups in total. The second kappa shape index (κ2) is 9.30. The van der Waals surface area contributed by atoms with E-state index in [0.29, 0.717) is 23.0 Å². The number of methoxy groups -OCH3 is 1. The SMILES string of the molecule is COc1cc(Cl)c(C)cc1NC(=O)NCc1ccc(Oc2ccncc2)c(C)c1. The van der Waals surface area contributed by atoms with E-state index in [4.69, 9.17) is 21.1 Å². The van der Waals surface area contributed by atoms with Crippen LogP contribution in [0.25, 0.3) is 0 Å². The Labute approximate surface area is 174 Å². The van der Waals surface area contributed by atoms with Crippen LogP contribution >= 0.6 is 11.6 Å². The van der Waals surface area contributed by atoms with E-state index in [1.54, 1.807) is 36.7 Å². The number of carbonyl (C=O) groups excluding carboxylic acids is 1. The fraction of sp³-hybridized carbons (Fsp3) is 0.182. The van der Waals surface area contributed by atoms with E-state index in [-0.39, 0.29) is 6.03 Å². The van der Waals surface area contributed by atoms with Crippen LogP contribution in [0.2, 0.25) is 5.02 Å². The van der Waals surface area contributed by atoms with Crippen molar-refractivity contribution >= 4 is 23.3 Å². The van der Waals surface area contributed by atoms with E-state index >= 15 is 0 Å². The number of ether oxygens (including phenoxy) is 2. The highest BCUT2D eigenvalue weighted by Gasteiger charge is 2.11. The normalized spacial score (nSPS) is 10.3. The van der Waals surface area contributed by atoms with Gasteiger partial charge in [0, 0.05) is 30.0 Å². The van der Waals surface area contributed by atoms with Crippen LogP contribution in [0.1, 0.15) is 16.7 Å². The molecule has 0 radical (unpaired) electrons. The van der Waals surface area contributed by atoms with E-state index < -0.39 is 0 Å². The Morgan fingerprint density at radius 2 is 1.79 bits per heavy atom. The number of benzene rings is 2. The summed E-state index contributed by atoms with van der Waals surface area (Å²) in [4.78, 5) is 16.3. The minimum atomic E-state index is -0.334. The lowest BCUT2D eigenvalue weighted by atomic mass is 10.1. The van der Waals surface area contributed by atoms with Crippen LogP contribution in [-0.2, 0) is 6.54 Å². The fourth-order valence-corrected chi connectivity index (χ4v) is 2.90.